The molecule has 0 fully saturated rings. The van der Waals surface area contributed by atoms with Gasteiger partial charge in [0.1, 0.15) is 16.8 Å². The van der Waals surface area contributed by atoms with Crippen LogP contribution in [-0.2, 0) is 4.57 Å². The first-order valence-corrected chi connectivity index (χ1v) is 12.1. The lowest BCUT2D eigenvalue weighted by Gasteiger charge is -2.18. The van der Waals surface area contributed by atoms with Crippen LogP contribution in [0.2, 0.25) is 10.0 Å². The maximum absolute atomic E-state index is 13.6. The van der Waals surface area contributed by atoms with Gasteiger partial charge in [-0.15, -0.1) is 0 Å². The molecule has 0 bridgehead atoms. The number of halogens is 2. The van der Waals surface area contributed by atoms with Crippen LogP contribution < -0.4 is 14.8 Å². The van der Waals surface area contributed by atoms with Crippen LogP contribution in [0.25, 0.3) is 0 Å². The van der Waals surface area contributed by atoms with Gasteiger partial charge in [0.05, 0.1) is 34.4 Å². The Morgan fingerprint density at radius 2 is 1.47 bits per heavy atom. The average molecular weight is 491 g/mol. The second kappa shape index (κ2) is 10.8. The summed E-state index contributed by atoms with van der Waals surface area (Å²) >= 11 is 12.4. The van der Waals surface area contributed by atoms with Crippen molar-refractivity contribution in [1.29, 1.82) is 0 Å². The molecule has 0 aliphatic heterocycles. The van der Waals surface area contributed by atoms with E-state index in [0.29, 0.717) is 5.56 Å². The molecule has 0 saturated carbocycles. The third-order valence-corrected chi connectivity index (χ3v) is 6.83. The normalized spacial score (nSPS) is 11.6. The number of hydrogen-bond donors (Lipinski definition) is 0. The zero-order chi connectivity index (χ0) is 23.3. The average Bonchev–Trinajstić information content (AvgIpc) is 2.79. The van der Waals surface area contributed by atoms with Gasteiger partial charge in [-0.25, -0.2) is 0 Å². The Bertz CT molecular complexity index is 1160. The van der Waals surface area contributed by atoms with Gasteiger partial charge in [0.25, 0.3) is 0 Å². The Kier molecular flexibility index (Phi) is 8.14. The number of benzene rings is 3. The van der Waals surface area contributed by atoms with E-state index >= 15 is 0 Å². The smallest absolute Gasteiger partial charge is 0.226 e. The van der Waals surface area contributed by atoms with Crippen molar-refractivity contribution in [3.8, 4) is 11.5 Å². The summed E-state index contributed by atoms with van der Waals surface area (Å²) in [7, 11) is -3.24. The van der Waals surface area contributed by atoms with Crippen molar-refractivity contribution in [2.24, 2.45) is 0 Å². The van der Waals surface area contributed by atoms with Crippen molar-refractivity contribution in [2.75, 3.05) is 13.2 Å². The largest absolute Gasteiger partial charge is 0.493 e. The van der Waals surface area contributed by atoms with Crippen molar-refractivity contribution in [3.63, 3.8) is 0 Å². The van der Waals surface area contributed by atoms with Gasteiger partial charge in [0.15, 0.2) is 13.6 Å². The monoisotopic (exact) mass is 490 g/mol. The van der Waals surface area contributed by atoms with Gasteiger partial charge in [0, 0.05) is 5.56 Å². The number of rotatable bonds is 9. The highest BCUT2D eigenvalue weighted by atomic mass is 35.5. The first kappa shape index (κ1) is 24.1. The second-order valence-electron chi connectivity index (χ2n) is 6.63. The predicted octanol–water partition coefficient (Wildman–Crippen LogP) is 6.05. The Labute approximate surface area is 197 Å². The van der Waals surface area contributed by atoms with E-state index in [2.05, 4.69) is 0 Å². The molecule has 8 heteroatoms. The topological polar surface area (TPSA) is 69.7 Å². The van der Waals surface area contributed by atoms with Crippen LogP contribution >= 0.6 is 31.0 Å². The predicted molar refractivity (Wildman–Crippen MR) is 128 cm³/mol. The van der Waals surface area contributed by atoms with Gasteiger partial charge < -0.3 is 14.0 Å². The standard InChI is InChI=1S/C24H21Cl2O5P/c1-3-30-19-14-13-16(21(27)15-9-6-5-7-10-15)22(31-4-2)23(19)32(29)24(28)20-17(25)11-8-12-18(20)26/h5-14,32H,3-4H2,1-2H3. The van der Waals surface area contributed by atoms with E-state index in [1.807, 2.05) is 0 Å². The summed E-state index contributed by atoms with van der Waals surface area (Å²) in [5.74, 6) is -0.0509. The van der Waals surface area contributed by atoms with E-state index in [4.69, 9.17) is 32.7 Å². The maximum atomic E-state index is 13.6. The van der Waals surface area contributed by atoms with Gasteiger partial charge >= 0.3 is 0 Å². The first-order valence-electron chi connectivity index (χ1n) is 9.96. The molecule has 0 saturated heterocycles. The molecule has 0 aromatic heterocycles. The molecule has 3 aromatic rings. The van der Waals surface area contributed by atoms with Crippen LogP contribution in [0.5, 0.6) is 11.5 Å². The van der Waals surface area contributed by atoms with E-state index in [-0.39, 0.29) is 57.0 Å². The third-order valence-electron chi connectivity index (χ3n) is 4.61. The van der Waals surface area contributed by atoms with E-state index in [0.717, 1.165) is 0 Å². The van der Waals surface area contributed by atoms with Gasteiger partial charge in [0.2, 0.25) is 5.52 Å². The van der Waals surface area contributed by atoms with Crippen LogP contribution in [-0.4, -0.2) is 24.5 Å². The Morgan fingerprint density at radius 3 is 2.06 bits per heavy atom. The lowest BCUT2D eigenvalue weighted by Crippen LogP contribution is -2.18. The van der Waals surface area contributed by atoms with Crippen molar-refractivity contribution in [2.45, 2.75) is 13.8 Å². The second-order valence-corrected chi connectivity index (χ2v) is 9.06. The molecule has 32 heavy (non-hydrogen) atoms. The minimum Gasteiger partial charge on any atom is -0.493 e. The fourth-order valence-corrected chi connectivity index (χ4v) is 5.46. The molecule has 3 aromatic carbocycles. The molecular weight excluding hydrogens is 470 g/mol. The summed E-state index contributed by atoms with van der Waals surface area (Å²) in [5.41, 5.74) is -0.155. The van der Waals surface area contributed by atoms with Crippen LogP contribution in [0, 0.1) is 0 Å². The van der Waals surface area contributed by atoms with Crippen LogP contribution in [0.3, 0.4) is 0 Å². The van der Waals surface area contributed by atoms with Crippen LogP contribution in [0.15, 0.2) is 60.7 Å². The summed E-state index contributed by atoms with van der Waals surface area (Å²) in [6.07, 6.45) is 0. The fraction of sp³-hybridized carbons (Fsp3) is 0.167. The van der Waals surface area contributed by atoms with Gasteiger partial charge in [-0.3, -0.25) is 9.59 Å². The first-order chi connectivity index (χ1) is 15.4. The van der Waals surface area contributed by atoms with Crippen molar-refractivity contribution < 1.29 is 23.6 Å². The van der Waals surface area contributed by atoms with Gasteiger partial charge in [-0.1, -0.05) is 59.6 Å². The highest BCUT2D eigenvalue weighted by molar-refractivity contribution is 7.72. The van der Waals surface area contributed by atoms with E-state index in [1.165, 1.54) is 18.2 Å². The number of ether oxygens (including phenoxy) is 2. The fourth-order valence-electron chi connectivity index (χ4n) is 3.22. The molecule has 0 spiro atoms. The number of carbonyl (C=O) groups is 2. The number of ketones is 1. The van der Waals surface area contributed by atoms with Crippen LogP contribution in [0.4, 0.5) is 0 Å². The molecule has 0 aliphatic carbocycles. The van der Waals surface area contributed by atoms with Crippen molar-refractivity contribution in [3.05, 3.63) is 87.4 Å². The molecule has 3 rings (SSSR count). The molecule has 166 valence electrons. The maximum Gasteiger partial charge on any atom is 0.226 e. The number of carbonyl (C=O) groups excluding carboxylic acids is 2. The molecule has 0 radical (unpaired) electrons. The molecule has 5 nitrogen and oxygen atoms in total. The SMILES string of the molecule is CCOc1ccc(C(=O)c2ccccc2)c(OCC)c1[PH](=O)C(=O)c1c(Cl)cccc1Cl. The zero-order valence-corrected chi connectivity index (χ0v) is 20.0. The lowest BCUT2D eigenvalue weighted by molar-refractivity contribution is 0.103. The van der Waals surface area contributed by atoms with E-state index in [1.54, 1.807) is 56.3 Å². The summed E-state index contributed by atoms with van der Waals surface area (Å²) in [6.45, 7) is 3.95. The van der Waals surface area contributed by atoms with Gasteiger partial charge in [-0.05, 0) is 38.1 Å². The summed E-state index contributed by atoms with van der Waals surface area (Å²) in [6, 6.07) is 16.3. The molecule has 0 amide bonds. The summed E-state index contributed by atoms with van der Waals surface area (Å²) in [4.78, 5) is 26.4. The molecule has 0 N–H and O–H groups in total. The molecule has 1 atom stereocenters. The Morgan fingerprint density at radius 1 is 0.844 bits per heavy atom. The quantitative estimate of drug-likeness (QED) is 0.269. The van der Waals surface area contributed by atoms with Gasteiger partial charge in [-0.2, -0.15) is 0 Å². The Balaban J connectivity index is 2.21. The minimum absolute atomic E-state index is 0.0376. The molecule has 1 unspecified atom stereocenters. The number of hydrogen-bond acceptors (Lipinski definition) is 5. The zero-order valence-electron chi connectivity index (χ0n) is 17.5. The van der Waals surface area contributed by atoms with Crippen LogP contribution in [0.1, 0.15) is 40.1 Å². The highest BCUT2D eigenvalue weighted by Gasteiger charge is 2.30. The van der Waals surface area contributed by atoms with E-state index < -0.39 is 13.3 Å². The van der Waals surface area contributed by atoms with Crippen molar-refractivity contribution >= 4 is 47.6 Å². The molecular formula is C24H21Cl2O5P. The highest BCUT2D eigenvalue weighted by Crippen LogP contribution is 2.41. The Hall–Kier alpha value is -2.59. The summed E-state index contributed by atoms with van der Waals surface area (Å²) in [5, 5.41) is 0.225. The van der Waals surface area contributed by atoms with E-state index in [9.17, 15) is 14.2 Å². The molecule has 0 aliphatic rings. The lowest BCUT2D eigenvalue weighted by atomic mass is 10.0. The molecule has 0 heterocycles. The summed E-state index contributed by atoms with van der Waals surface area (Å²) < 4.78 is 25.0. The minimum atomic E-state index is -3.24. The third kappa shape index (κ3) is 4.91. The van der Waals surface area contributed by atoms with Crippen molar-refractivity contribution in [1.82, 2.24) is 0 Å².